The van der Waals surface area contributed by atoms with Gasteiger partial charge in [-0.25, -0.2) is 0 Å². The average molecular weight is 274 g/mol. The first-order chi connectivity index (χ1) is 9.58. The van der Waals surface area contributed by atoms with Crippen LogP contribution in [0.3, 0.4) is 0 Å². The highest BCUT2D eigenvalue weighted by Crippen LogP contribution is 2.20. The second kappa shape index (κ2) is 6.32. The minimum atomic E-state index is -0.437. The smallest absolute Gasteiger partial charge is 0.276 e. The van der Waals surface area contributed by atoms with Crippen molar-refractivity contribution < 1.29 is 9.72 Å². The molecule has 1 amide bonds. The van der Waals surface area contributed by atoms with Crippen molar-refractivity contribution in [1.29, 1.82) is 0 Å². The first-order valence-corrected chi connectivity index (χ1v) is 6.78. The van der Waals surface area contributed by atoms with Crippen LogP contribution >= 0.6 is 0 Å². The third-order valence-corrected chi connectivity index (χ3v) is 3.51. The molecule has 0 aromatic heterocycles. The number of para-hydroxylation sites is 1. The Bertz CT molecular complexity index is 540. The molecule has 1 fully saturated rings. The number of rotatable bonds is 3. The summed E-state index contributed by atoms with van der Waals surface area (Å²) in [6.45, 7) is 3.66. The van der Waals surface area contributed by atoms with Gasteiger partial charge in [-0.15, -0.1) is 0 Å². The fraction of sp³-hybridized carbons (Fsp3) is 0.400. The lowest BCUT2D eigenvalue weighted by Crippen LogP contribution is -2.38. The van der Waals surface area contributed by atoms with E-state index in [1.165, 1.54) is 18.2 Å². The topological polar surface area (TPSA) is 63.5 Å². The van der Waals surface area contributed by atoms with E-state index in [2.05, 4.69) is 6.92 Å². The van der Waals surface area contributed by atoms with Crippen LogP contribution in [0.1, 0.15) is 25.3 Å². The molecule has 0 N–H and O–H groups in total. The fourth-order valence-corrected chi connectivity index (χ4v) is 2.45. The number of carbonyl (C=O) groups excluding carboxylic acids is 1. The average Bonchev–Trinajstić information content (AvgIpc) is 2.45. The van der Waals surface area contributed by atoms with Crippen molar-refractivity contribution in [3.8, 4) is 0 Å². The zero-order valence-electron chi connectivity index (χ0n) is 11.5. The lowest BCUT2D eigenvalue weighted by Gasteiger charge is -2.30. The molecule has 1 aliphatic rings. The maximum Gasteiger partial charge on any atom is 0.276 e. The van der Waals surface area contributed by atoms with Gasteiger partial charge in [0.15, 0.2) is 0 Å². The van der Waals surface area contributed by atoms with Gasteiger partial charge in [-0.3, -0.25) is 14.9 Å². The SMILES string of the molecule is CC1CCCN(C(=O)C=Cc2ccccc2[N+](=O)[O-])C1. The molecule has 1 atom stereocenters. The van der Waals surface area contributed by atoms with E-state index in [9.17, 15) is 14.9 Å². The summed E-state index contributed by atoms with van der Waals surface area (Å²) in [6, 6.07) is 6.41. The Labute approximate surface area is 118 Å². The van der Waals surface area contributed by atoms with E-state index in [1.54, 1.807) is 23.1 Å². The number of benzene rings is 1. The molecule has 1 aromatic carbocycles. The number of nitro groups is 1. The Morgan fingerprint density at radius 3 is 2.90 bits per heavy atom. The molecule has 2 rings (SSSR count). The number of nitrogens with zero attached hydrogens (tertiary/aromatic N) is 2. The molecular weight excluding hydrogens is 256 g/mol. The number of carbonyl (C=O) groups is 1. The molecule has 0 radical (unpaired) electrons. The Morgan fingerprint density at radius 1 is 1.45 bits per heavy atom. The van der Waals surface area contributed by atoms with Crippen molar-refractivity contribution in [3.05, 3.63) is 46.0 Å². The number of hydrogen-bond donors (Lipinski definition) is 0. The van der Waals surface area contributed by atoms with Crippen molar-refractivity contribution in [2.45, 2.75) is 19.8 Å². The molecule has 0 bridgehead atoms. The Balaban J connectivity index is 2.09. The lowest BCUT2D eigenvalue weighted by molar-refractivity contribution is -0.385. The predicted molar refractivity (Wildman–Crippen MR) is 77.1 cm³/mol. The van der Waals surface area contributed by atoms with Crippen molar-refractivity contribution >= 4 is 17.7 Å². The summed E-state index contributed by atoms with van der Waals surface area (Å²) in [6.07, 6.45) is 5.13. The Morgan fingerprint density at radius 2 is 2.20 bits per heavy atom. The zero-order valence-corrected chi connectivity index (χ0v) is 11.5. The van der Waals surface area contributed by atoms with E-state index >= 15 is 0 Å². The van der Waals surface area contributed by atoms with Gasteiger partial charge in [-0.05, 0) is 30.9 Å². The van der Waals surface area contributed by atoms with Crippen LogP contribution < -0.4 is 0 Å². The van der Waals surface area contributed by atoms with Crippen LogP contribution in [0.5, 0.6) is 0 Å². The number of nitro benzene ring substituents is 1. The van der Waals surface area contributed by atoms with Gasteiger partial charge < -0.3 is 4.90 Å². The minimum Gasteiger partial charge on any atom is -0.339 e. The molecule has 1 aliphatic heterocycles. The standard InChI is InChI=1S/C15H18N2O3/c1-12-5-4-10-16(11-12)15(18)9-8-13-6-2-3-7-14(13)17(19)20/h2-3,6-9,12H,4-5,10-11H2,1H3. The molecule has 1 unspecified atom stereocenters. The second-order valence-corrected chi connectivity index (χ2v) is 5.18. The second-order valence-electron chi connectivity index (χ2n) is 5.18. The van der Waals surface area contributed by atoms with Gasteiger partial charge in [0.1, 0.15) is 0 Å². The van der Waals surface area contributed by atoms with Crippen LogP contribution in [0.25, 0.3) is 6.08 Å². The molecule has 1 aromatic rings. The highest BCUT2D eigenvalue weighted by atomic mass is 16.6. The van der Waals surface area contributed by atoms with Crippen LogP contribution in [-0.4, -0.2) is 28.8 Å². The van der Waals surface area contributed by atoms with Crippen LogP contribution in [0, 0.1) is 16.0 Å². The molecule has 5 heteroatoms. The maximum atomic E-state index is 12.1. The minimum absolute atomic E-state index is 0.0172. The summed E-state index contributed by atoms with van der Waals surface area (Å²) >= 11 is 0. The van der Waals surface area contributed by atoms with Crippen LogP contribution in [-0.2, 0) is 4.79 Å². The van der Waals surface area contributed by atoms with E-state index in [0.717, 1.165) is 25.9 Å². The summed E-state index contributed by atoms with van der Waals surface area (Å²) < 4.78 is 0. The van der Waals surface area contributed by atoms with Crippen LogP contribution in [0.4, 0.5) is 5.69 Å². The molecule has 1 heterocycles. The van der Waals surface area contributed by atoms with E-state index in [1.807, 2.05) is 0 Å². The van der Waals surface area contributed by atoms with Crippen LogP contribution in [0.15, 0.2) is 30.3 Å². The van der Waals surface area contributed by atoms with Gasteiger partial charge >= 0.3 is 0 Å². The van der Waals surface area contributed by atoms with Crippen LogP contribution in [0.2, 0.25) is 0 Å². The van der Waals surface area contributed by atoms with E-state index in [-0.39, 0.29) is 11.6 Å². The largest absolute Gasteiger partial charge is 0.339 e. The number of hydrogen-bond acceptors (Lipinski definition) is 3. The first-order valence-electron chi connectivity index (χ1n) is 6.78. The van der Waals surface area contributed by atoms with Gasteiger partial charge in [0.25, 0.3) is 5.69 Å². The fourth-order valence-electron chi connectivity index (χ4n) is 2.45. The molecule has 1 saturated heterocycles. The highest BCUT2D eigenvalue weighted by Gasteiger charge is 2.19. The van der Waals surface area contributed by atoms with E-state index in [0.29, 0.717) is 11.5 Å². The van der Waals surface area contributed by atoms with E-state index in [4.69, 9.17) is 0 Å². The first kappa shape index (κ1) is 14.2. The quantitative estimate of drug-likeness (QED) is 0.483. The van der Waals surface area contributed by atoms with Gasteiger partial charge in [0.2, 0.25) is 5.91 Å². The number of amides is 1. The van der Waals surface area contributed by atoms with Crippen molar-refractivity contribution in [3.63, 3.8) is 0 Å². The summed E-state index contributed by atoms with van der Waals surface area (Å²) in [5.41, 5.74) is 0.472. The molecule has 106 valence electrons. The summed E-state index contributed by atoms with van der Waals surface area (Å²) in [5, 5.41) is 10.9. The third-order valence-electron chi connectivity index (χ3n) is 3.51. The Hall–Kier alpha value is -2.17. The highest BCUT2D eigenvalue weighted by molar-refractivity contribution is 5.92. The number of likely N-dealkylation sites (tertiary alicyclic amines) is 1. The lowest BCUT2D eigenvalue weighted by atomic mass is 10.0. The molecule has 20 heavy (non-hydrogen) atoms. The van der Waals surface area contributed by atoms with Gasteiger partial charge in [0.05, 0.1) is 10.5 Å². The van der Waals surface area contributed by atoms with Gasteiger partial charge in [-0.2, -0.15) is 0 Å². The zero-order chi connectivity index (χ0) is 14.5. The third kappa shape index (κ3) is 3.44. The molecule has 5 nitrogen and oxygen atoms in total. The normalized spacial score (nSPS) is 19.2. The van der Waals surface area contributed by atoms with Gasteiger partial charge in [0, 0.05) is 25.2 Å². The van der Waals surface area contributed by atoms with Crippen molar-refractivity contribution in [2.75, 3.05) is 13.1 Å². The van der Waals surface area contributed by atoms with Crippen molar-refractivity contribution in [1.82, 2.24) is 4.90 Å². The summed E-state index contributed by atoms with van der Waals surface area (Å²) in [7, 11) is 0. The number of piperidine rings is 1. The molecular formula is C15H18N2O3. The summed E-state index contributed by atoms with van der Waals surface area (Å²) in [5.74, 6) is 0.446. The molecule has 0 aliphatic carbocycles. The van der Waals surface area contributed by atoms with Crippen molar-refractivity contribution in [2.24, 2.45) is 5.92 Å². The predicted octanol–water partition coefficient (Wildman–Crippen LogP) is 2.87. The van der Waals surface area contributed by atoms with E-state index < -0.39 is 4.92 Å². The monoisotopic (exact) mass is 274 g/mol. The molecule has 0 saturated carbocycles. The summed E-state index contributed by atoms with van der Waals surface area (Å²) in [4.78, 5) is 24.3. The maximum absolute atomic E-state index is 12.1. The Kier molecular flexibility index (Phi) is 4.50. The molecule has 0 spiro atoms. The van der Waals surface area contributed by atoms with Gasteiger partial charge in [-0.1, -0.05) is 19.1 Å².